The Morgan fingerprint density at radius 2 is 1.90 bits per heavy atom. The molecule has 0 spiro atoms. The summed E-state index contributed by atoms with van der Waals surface area (Å²) in [5.74, 6) is 3.14. The molecule has 5 rings (SSSR count). The van der Waals surface area contributed by atoms with Crippen molar-refractivity contribution >= 4 is 11.8 Å². The highest BCUT2D eigenvalue weighted by atomic mass is 16.2. The molecule has 0 saturated heterocycles. The molecule has 2 amide bonds. The average Bonchev–Trinajstić information content (AvgIpc) is 2.83. The normalized spacial score (nSPS) is 36.7. The van der Waals surface area contributed by atoms with Crippen molar-refractivity contribution in [3.63, 3.8) is 0 Å². The molecule has 0 aliphatic heterocycles. The Hall–Kier alpha value is -1.52. The number of nitrogens with zero attached hydrogens (tertiary/aromatic N) is 1. The first-order chi connectivity index (χ1) is 10.1. The number of amides is 2. The first-order valence-corrected chi connectivity index (χ1v) is 8.27. The van der Waals surface area contributed by atoms with Gasteiger partial charge in [-0.1, -0.05) is 6.92 Å². The third kappa shape index (κ3) is 2.43. The molecule has 5 nitrogen and oxygen atoms in total. The molecule has 5 heteroatoms. The van der Waals surface area contributed by atoms with Crippen LogP contribution in [0, 0.1) is 17.8 Å². The lowest BCUT2D eigenvalue weighted by atomic mass is 9.53. The largest absolute Gasteiger partial charge is 0.332 e. The maximum atomic E-state index is 12.3. The summed E-state index contributed by atoms with van der Waals surface area (Å²) in [4.78, 5) is 12.3. The van der Waals surface area contributed by atoms with Gasteiger partial charge in [-0.25, -0.2) is 4.79 Å². The number of hydrogen-bond donors (Lipinski definition) is 3. The standard InChI is InChI=1S/C16H24N4O/c1-2-13-6-14(20-19-13)17-15(21)18-16-7-10-3-11(8-16)5-12(4-10)9-16/h6,10-12H,2-5,7-9H2,1H3,(H3,17,18,19,20,21). The summed E-state index contributed by atoms with van der Waals surface area (Å²) in [6, 6.07) is 1.81. The number of anilines is 1. The van der Waals surface area contributed by atoms with Gasteiger partial charge in [-0.3, -0.25) is 10.4 Å². The molecule has 4 aliphatic carbocycles. The van der Waals surface area contributed by atoms with Crippen LogP contribution >= 0.6 is 0 Å². The zero-order valence-electron chi connectivity index (χ0n) is 12.6. The summed E-state index contributed by atoms with van der Waals surface area (Å²) in [5, 5.41) is 13.2. The fraction of sp³-hybridized carbons (Fsp3) is 0.750. The van der Waals surface area contributed by atoms with Crippen LogP contribution in [0.4, 0.5) is 10.6 Å². The first-order valence-electron chi connectivity index (χ1n) is 8.27. The molecule has 4 saturated carbocycles. The van der Waals surface area contributed by atoms with Crippen LogP contribution in [-0.4, -0.2) is 21.8 Å². The van der Waals surface area contributed by atoms with E-state index < -0.39 is 0 Å². The van der Waals surface area contributed by atoms with Gasteiger partial charge in [0, 0.05) is 17.3 Å². The molecule has 114 valence electrons. The molecule has 1 aromatic rings. The number of aromatic amines is 1. The fourth-order valence-corrected chi connectivity index (χ4v) is 5.26. The van der Waals surface area contributed by atoms with Gasteiger partial charge in [0.05, 0.1) is 0 Å². The topological polar surface area (TPSA) is 69.8 Å². The maximum Gasteiger partial charge on any atom is 0.320 e. The molecule has 0 radical (unpaired) electrons. The Morgan fingerprint density at radius 1 is 1.29 bits per heavy atom. The van der Waals surface area contributed by atoms with Gasteiger partial charge in [0.25, 0.3) is 0 Å². The SMILES string of the molecule is CCc1cc(NC(=O)NC23CC4CC(CC(C4)C2)C3)n[nH]1. The zero-order valence-corrected chi connectivity index (χ0v) is 12.6. The van der Waals surface area contributed by atoms with E-state index in [1.165, 1.54) is 38.5 Å². The highest BCUT2D eigenvalue weighted by molar-refractivity contribution is 5.88. The number of aromatic nitrogens is 2. The van der Waals surface area contributed by atoms with Crippen LogP contribution in [0.15, 0.2) is 6.07 Å². The van der Waals surface area contributed by atoms with Crippen molar-refractivity contribution < 1.29 is 4.79 Å². The first kappa shape index (κ1) is 13.2. The average molecular weight is 288 g/mol. The second-order valence-corrected chi connectivity index (χ2v) is 7.41. The lowest BCUT2D eigenvalue weighted by Gasteiger charge is -2.56. The van der Waals surface area contributed by atoms with Gasteiger partial charge in [-0.05, 0) is 62.7 Å². The summed E-state index contributed by atoms with van der Waals surface area (Å²) in [6.07, 6.45) is 8.59. The quantitative estimate of drug-likeness (QED) is 0.800. The Bertz CT molecular complexity index is 515. The monoisotopic (exact) mass is 288 g/mol. The number of urea groups is 1. The van der Waals surface area contributed by atoms with Gasteiger partial charge < -0.3 is 5.32 Å². The molecule has 4 bridgehead atoms. The number of carbonyl (C=O) groups is 1. The van der Waals surface area contributed by atoms with Gasteiger partial charge >= 0.3 is 6.03 Å². The molecule has 21 heavy (non-hydrogen) atoms. The van der Waals surface area contributed by atoms with Crippen molar-refractivity contribution in [2.24, 2.45) is 17.8 Å². The summed E-state index contributed by atoms with van der Waals surface area (Å²) in [6.45, 7) is 2.06. The third-order valence-electron chi connectivity index (χ3n) is 5.67. The van der Waals surface area contributed by atoms with E-state index in [4.69, 9.17) is 0 Å². The number of H-pyrrole nitrogens is 1. The lowest BCUT2D eigenvalue weighted by Crippen LogP contribution is -2.60. The van der Waals surface area contributed by atoms with Crippen molar-refractivity contribution in [3.05, 3.63) is 11.8 Å². The van der Waals surface area contributed by atoms with Gasteiger partial charge in [0.15, 0.2) is 5.82 Å². The van der Waals surface area contributed by atoms with Crippen molar-refractivity contribution in [2.45, 2.75) is 57.4 Å². The molecule has 3 N–H and O–H groups in total. The molecule has 4 fully saturated rings. The Kier molecular flexibility index (Phi) is 2.98. The predicted molar refractivity (Wildman–Crippen MR) is 81.0 cm³/mol. The van der Waals surface area contributed by atoms with Gasteiger partial charge in [-0.15, -0.1) is 0 Å². The predicted octanol–water partition coefficient (Wildman–Crippen LogP) is 3.06. The van der Waals surface area contributed by atoms with Gasteiger partial charge in [0.1, 0.15) is 0 Å². The van der Waals surface area contributed by atoms with Crippen molar-refractivity contribution in [1.29, 1.82) is 0 Å². The number of carbonyl (C=O) groups excluding carboxylic acids is 1. The lowest BCUT2D eigenvalue weighted by molar-refractivity contribution is -0.0127. The molecule has 0 aromatic carbocycles. The highest BCUT2D eigenvalue weighted by Gasteiger charge is 2.51. The maximum absolute atomic E-state index is 12.3. The molecule has 1 heterocycles. The highest BCUT2D eigenvalue weighted by Crippen LogP contribution is 2.55. The van der Waals surface area contributed by atoms with Crippen LogP contribution < -0.4 is 10.6 Å². The summed E-state index contributed by atoms with van der Waals surface area (Å²) in [7, 11) is 0. The van der Waals surface area contributed by atoms with E-state index in [-0.39, 0.29) is 11.6 Å². The molecular weight excluding hydrogens is 264 g/mol. The number of nitrogens with one attached hydrogen (secondary N) is 3. The van der Waals surface area contributed by atoms with Crippen molar-refractivity contribution in [3.8, 4) is 0 Å². The smallest absolute Gasteiger partial charge is 0.320 e. The van der Waals surface area contributed by atoms with Crippen LogP contribution in [0.2, 0.25) is 0 Å². The second kappa shape index (κ2) is 4.75. The minimum Gasteiger partial charge on any atom is -0.332 e. The Balaban J connectivity index is 1.42. The van der Waals surface area contributed by atoms with Crippen molar-refractivity contribution in [1.82, 2.24) is 15.5 Å². The third-order valence-corrected chi connectivity index (χ3v) is 5.67. The minimum atomic E-state index is -0.0916. The van der Waals surface area contributed by atoms with E-state index in [0.29, 0.717) is 5.82 Å². The summed E-state index contributed by atoms with van der Waals surface area (Å²) >= 11 is 0. The van der Waals surface area contributed by atoms with Crippen LogP contribution in [0.1, 0.15) is 51.1 Å². The van der Waals surface area contributed by atoms with E-state index in [9.17, 15) is 4.79 Å². The molecule has 1 aromatic heterocycles. The van der Waals surface area contributed by atoms with Gasteiger partial charge in [-0.2, -0.15) is 5.10 Å². The van der Waals surface area contributed by atoms with E-state index >= 15 is 0 Å². The van der Waals surface area contributed by atoms with Crippen LogP contribution in [-0.2, 0) is 6.42 Å². The zero-order chi connectivity index (χ0) is 14.4. The van der Waals surface area contributed by atoms with E-state index in [1.807, 2.05) is 6.07 Å². The van der Waals surface area contributed by atoms with E-state index in [0.717, 1.165) is 29.9 Å². The molecular formula is C16H24N4O. The van der Waals surface area contributed by atoms with E-state index in [1.54, 1.807) is 0 Å². The minimum absolute atomic E-state index is 0.0583. The van der Waals surface area contributed by atoms with E-state index in [2.05, 4.69) is 27.8 Å². The Labute approximate surface area is 125 Å². The number of aryl methyl sites for hydroxylation is 1. The fourth-order valence-electron chi connectivity index (χ4n) is 5.26. The summed E-state index contributed by atoms with van der Waals surface area (Å²) < 4.78 is 0. The van der Waals surface area contributed by atoms with Crippen LogP contribution in [0.25, 0.3) is 0 Å². The van der Waals surface area contributed by atoms with Gasteiger partial charge in [0.2, 0.25) is 0 Å². The van der Waals surface area contributed by atoms with Crippen LogP contribution in [0.5, 0.6) is 0 Å². The van der Waals surface area contributed by atoms with Crippen LogP contribution in [0.3, 0.4) is 0 Å². The molecule has 4 aliphatic rings. The molecule has 0 atom stereocenters. The number of rotatable bonds is 3. The molecule has 0 unspecified atom stereocenters. The van der Waals surface area contributed by atoms with Crippen molar-refractivity contribution in [2.75, 3.05) is 5.32 Å². The second-order valence-electron chi connectivity index (χ2n) is 7.41. The number of hydrogen-bond acceptors (Lipinski definition) is 2. The summed E-state index contributed by atoms with van der Waals surface area (Å²) in [5.41, 5.74) is 1.10. The Morgan fingerprint density at radius 3 is 2.43 bits per heavy atom.